The lowest BCUT2D eigenvalue weighted by molar-refractivity contribution is -0.143. The summed E-state index contributed by atoms with van der Waals surface area (Å²) in [4.78, 5) is 40.1. The van der Waals surface area contributed by atoms with Crippen LogP contribution in [0.15, 0.2) is 24.3 Å². The van der Waals surface area contributed by atoms with Crippen LogP contribution in [0.5, 0.6) is 11.5 Å². The van der Waals surface area contributed by atoms with Gasteiger partial charge in [0.25, 0.3) is 5.91 Å². The van der Waals surface area contributed by atoms with Crippen molar-refractivity contribution in [1.29, 1.82) is 0 Å². The third-order valence-electron chi connectivity index (χ3n) is 4.76. The summed E-state index contributed by atoms with van der Waals surface area (Å²) in [6.45, 7) is 6.86. The fourth-order valence-electron chi connectivity index (χ4n) is 3.18. The van der Waals surface area contributed by atoms with E-state index >= 15 is 0 Å². The normalized spacial score (nSPS) is 19.0. The van der Waals surface area contributed by atoms with Crippen LogP contribution in [0.25, 0.3) is 0 Å². The van der Waals surface area contributed by atoms with E-state index < -0.39 is 12.1 Å². The van der Waals surface area contributed by atoms with Gasteiger partial charge in [0.2, 0.25) is 12.0 Å². The van der Waals surface area contributed by atoms with Crippen molar-refractivity contribution >= 4 is 17.8 Å². The number of imide groups is 1. The van der Waals surface area contributed by atoms with E-state index in [0.717, 1.165) is 0 Å². The van der Waals surface area contributed by atoms with Crippen LogP contribution in [-0.2, 0) is 9.59 Å². The lowest BCUT2D eigenvalue weighted by atomic mass is 10.2. The molecule has 2 heterocycles. The topological polar surface area (TPSA) is 100 Å². The van der Waals surface area contributed by atoms with E-state index in [-0.39, 0.29) is 25.0 Å². The first kappa shape index (κ1) is 20.9. The number of fused-ring (bicyclic) bond motifs is 1. The lowest BCUT2D eigenvalue weighted by Gasteiger charge is -2.36. The molecule has 0 radical (unpaired) electrons. The van der Waals surface area contributed by atoms with E-state index in [4.69, 9.17) is 9.47 Å². The minimum atomic E-state index is -0.663. The number of piperazine rings is 1. The Morgan fingerprint density at radius 3 is 2.48 bits per heavy atom. The summed E-state index contributed by atoms with van der Waals surface area (Å²) in [5, 5.41) is 4.98. The molecular formula is C20H28N4O5. The van der Waals surface area contributed by atoms with Crippen molar-refractivity contribution in [3.8, 4) is 11.5 Å². The van der Waals surface area contributed by atoms with Gasteiger partial charge in [0.05, 0.1) is 6.54 Å². The maximum absolute atomic E-state index is 12.7. The van der Waals surface area contributed by atoms with Gasteiger partial charge in [-0.1, -0.05) is 26.0 Å². The number of carbonyl (C=O) groups is 3. The monoisotopic (exact) mass is 404 g/mol. The molecule has 1 fully saturated rings. The van der Waals surface area contributed by atoms with Crippen molar-refractivity contribution in [2.75, 3.05) is 45.9 Å². The Balaban J connectivity index is 1.40. The van der Waals surface area contributed by atoms with Crippen LogP contribution < -0.4 is 20.1 Å². The molecule has 0 saturated carbocycles. The van der Waals surface area contributed by atoms with E-state index in [9.17, 15) is 14.4 Å². The Labute approximate surface area is 170 Å². The van der Waals surface area contributed by atoms with Gasteiger partial charge in [0, 0.05) is 32.7 Å². The third kappa shape index (κ3) is 5.83. The van der Waals surface area contributed by atoms with Gasteiger partial charge in [-0.15, -0.1) is 0 Å². The van der Waals surface area contributed by atoms with Gasteiger partial charge in [0.15, 0.2) is 11.5 Å². The molecule has 9 heteroatoms. The van der Waals surface area contributed by atoms with Crippen molar-refractivity contribution in [2.45, 2.75) is 20.0 Å². The molecule has 158 valence electrons. The van der Waals surface area contributed by atoms with E-state index in [2.05, 4.69) is 10.6 Å². The number of urea groups is 1. The molecule has 2 N–H and O–H groups in total. The van der Waals surface area contributed by atoms with Crippen molar-refractivity contribution in [2.24, 2.45) is 5.92 Å². The highest BCUT2D eigenvalue weighted by Crippen LogP contribution is 2.31. The molecule has 1 aromatic carbocycles. The van der Waals surface area contributed by atoms with Crippen molar-refractivity contribution in [1.82, 2.24) is 20.4 Å². The number of carbonyl (C=O) groups excluding carboxylic acids is 3. The molecular weight excluding hydrogens is 376 g/mol. The predicted molar refractivity (Wildman–Crippen MR) is 106 cm³/mol. The van der Waals surface area contributed by atoms with Crippen LogP contribution in [0.4, 0.5) is 4.79 Å². The Bertz CT molecular complexity index is 746. The molecule has 2 aliphatic rings. The fraction of sp³-hybridized carbons (Fsp3) is 0.550. The third-order valence-corrected chi connectivity index (χ3v) is 4.76. The second kappa shape index (κ2) is 9.60. The number of benzene rings is 1. The summed E-state index contributed by atoms with van der Waals surface area (Å²) in [7, 11) is 0. The van der Waals surface area contributed by atoms with Crippen LogP contribution in [-0.4, -0.2) is 79.6 Å². The van der Waals surface area contributed by atoms with Gasteiger partial charge in [-0.05, 0) is 18.1 Å². The lowest BCUT2D eigenvalue weighted by Crippen LogP contribution is -2.55. The van der Waals surface area contributed by atoms with Crippen molar-refractivity contribution in [3.63, 3.8) is 0 Å². The molecule has 29 heavy (non-hydrogen) atoms. The zero-order chi connectivity index (χ0) is 20.8. The van der Waals surface area contributed by atoms with Crippen LogP contribution in [0, 0.1) is 5.92 Å². The summed E-state index contributed by atoms with van der Waals surface area (Å²) < 4.78 is 11.4. The van der Waals surface area contributed by atoms with Crippen LogP contribution in [0.1, 0.15) is 13.8 Å². The first-order chi connectivity index (χ1) is 13.9. The number of ether oxygens (including phenoxy) is 2. The molecule has 0 spiro atoms. The van der Waals surface area contributed by atoms with Gasteiger partial charge in [-0.25, -0.2) is 4.79 Å². The SMILES string of the molecule is CC(C)CNC(=O)NC(=O)CN1CCN(C(=O)[C@H]2COc3ccccc3O2)CC1. The highest BCUT2D eigenvalue weighted by Gasteiger charge is 2.32. The summed E-state index contributed by atoms with van der Waals surface area (Å²) in [5.41, 5.74) is 0. The number of amides is 4. The highest BCUT2D eigenvalue weighted by molar-refractivity contribution is 5.95. The van der Waals surface area contributed by atoms with Gasteiger partial charge in [-0.2, -0.15) is 0 Å². The number of nitrogens with zero attached hydrogens (tertiary/aromatic N) is 2. The first-order valence-corrected chi connectivity index (χ1v) is 9.89. The molecule has 4 amide bonds. The Morgan fingerprint density at radius 2 is 1.79 bits per heavy atom. The smallest absolute Gasteiger partial charge is 0.321 e. The summed E-state index contributed by atoms with van der Waals surface area (Å²) in [6, 6.07) is 6.80. The zero-order valence-electron chi connectivity index (χ0n) is 16.8. The molecule has 1 aromatic rings. The number of nitrogens with one attached hydrogen (secondary N) is 2. The van der Waals surface area contributed by atoms with Crippen LogP contribution in [0.3, 0.4) is 0 Å². The number of para-hydroxylation sites is 2. The van der Waals surface area contributed by atoms with Crippen LogP contribution >= 0.6 is 0 Å². The number of hydrogen-bond donors (Lipinski definition) is 2. The summed E-state index contributed by atoms with van der Waals surface area (Å²) in [6.07, 6.45) is -0.663. The second-order valence-electron chi connectivity index (χ2n) is 7.62. The van der Waals surface area contributed by atoms with Crippen LogP contribution in [0.2, 0.25) is 0 Å². The molecule has 2 aliphatic heterocycles. The highest BCUT2D eigenvalue weighted by atomic mass is 16.6. The van der Waals surface area contributed by atoms with Gasteiger partial charge >= 0.3 is 6.03 Å². The average Bonchev–Trinajstić information content (AvgIpc) is 2.72. The Kier molecular flexibility index (Phi) is 6.92. The standard InChI is InChI=1S/C20H28N4O5/c1-14(2)11-21-20(27)22-18(25)12-23-7-9-24(10-8-23)19(26)17-13-28-15-5-3-4-6-16(15)29-17/h3-6,14,17H,7-13H2,1-2H3,(H2,21,22,25,27)/t17-/m1/s1. The minimum Gasteiger partial charge on any atom is -0.485 e. The number of rotatable bonds is 5. The van der Waals surface area contributed by atoms with Gasteiger partial charge in [0.1, 0.15) is 6.61 Å². The molecule has 1 saturated heterocycles. The van der Waals surface area contributed by atoms with Crippen molar-refractivity contribution < 1.29 is 23.9 Å². The number of hydrogen-bond acceptors (Lipinski definition) is 6. The first-order valence-electron chi connectivity index (χ1n) is 9.89. The maximum atomic E-state index is 12.7. The Morgan fingerprint density at radius 1 is 1.10 bits per heavy atom. The second-order valence-corrected chi connectivity index (χ2v) is 7.62. The zero-order valence-corrected chi connectivity index (χ0v) is 16.8. The molecule has 0 bridgehead atoms. The molecule has 0 aromatic heterocycles. The predicted octanol–water partition coefficient (Wildman–Crippen LogP) is 0.452. The van der Waals surface area contributed by atoms with E-state index in [1.165, 1.54) is 0 Å². The molecule has 9 nitrogen and oxygen atoms in total. The summed E-state index contributed by atoms with van der Waals surface area (Å²) in [5.74, 6) is 1.06. The largest absolute Gasteiger partial charge is 0.485 e. The fourth-order valence-corrected chi connectivity index (χ4v) is 3.18. The molecule has 0 aliphatic carbocycles. The average molecular weight is 404 g/mol. The quantitative estimate of drug-likeness (QED) is 0.739. The van der Waals surface area contributed by atoms with E-state index in [1.54, 1.807) is 11.0 Å². The van der Waals surface area contributed by atoms with E-state index in [0.29, 0.717) is 50.1 Å². The maximum Gasteiger partial charge on any atom is 0.321 e. The molecule has 1 atom stereocenters. The van der Waals surface area contributed by atoms with Gasteiger partial charge in [-0.3, -0.25) is 19.8 Å². The molecule has 3 rings (SSSR count). The summed E-state index contributed by atoms with van der Waals surface area (Å²) >= 11 is 0. The molecule has 0 unspecified atom stereocenters. The Hall–Kier alpha value is -2.81. The van der Waals surface area contributed by atoms with Gasteiger partial charge < -0.3 is 19.7 Å². The van der Waals surface area contributed by atoms with Crippen molar-refractivity contribution in [3.05, 3.63) is 24.3 Å². The van der Waals surface area contributed by atoms with E-state index in [1.807, 2.05) is 36.9 Å². The minimum absolute atomic E-state index is 0.114.